The van der Waals surface area contributed by atoms with E-state index in [2.05, 4.69) is 10.4 Å². The Kier molecular flexibility index (Phi) is 5.65. The van der Waals surface area contributed by atoms with Crippen molar-refractivity contribution in [2.24, 2.45) is 0 Å². The van der Waals surface area contributed by atoms with Crippen LogP contribution in [0.15, 0.2) is 36.5 Å². The summed E-state index contributed by atoms with van der Waals surface area (Å²) in [4.78, 5) is 14.0. The largest absolute Gasteiger partial charge is 0.489 e. The Morgan fingerprint density at radius 2 is 2.28 bits per heavy atom. The first kappa shape index (κ1) is 17.4. The van der Waals surface area contributed by atoms with Gasteiger partial charge in [-0.05, 0) is 37.6 Å². The Bertz CT molecular complexity index is 713. The first-order valence-corrected chi connectivity index (χ1v) is 8.54. The van der Waals surface area contributed by atoms with Gasteiger partial charge in [0.05, 0.1) is 12.6 Å². The summed E-state index contributed by atoms with van der Waals surface area (Å²) >= 11 is 0. The number of nitrogens with zero attached hydrogens (tertiary/aromatic N) is 3. The number of benzene rings is 1. The van der Waals surface area contributed by atoms with Gasteiger partial charge in [0.25, 0.3) is 5.91 Å². The highest BCUT2D eigenvalue weighted by molar-refractivity contribution is 5.92. The van der Waals surface area contributed by atoms with Crippen LogP contribution in [-0.2, 0) is 0 Å². The third-order valence-electron chi connectivity index (χ3n) is 4.34. The minimum Gasteiger partial charge on any atom is -0.489 e. The van der Waals surface area contributed by atoms with E-state index in [0.717, 1.165) is 25.9 Å². The lowest BCUT2D eigenvalue weighted by atomic mass is 10.1. The van der Waals surface area contributed by atoms with Gasteiger partial charge in [0.15, 0.2) is 11.6 Å². The molecule has 1 aliphatic heterocycles. The molecule has 1 aromatic carbocycles. The van der Waals surface area contributed by atoms with Crippen molar-refractivity contribution in [1.29, 1.82) is 0 Å². The van der Waals surface area contributed by atoms with E-state index in [-0.39, 0.29) is 18.3 Å². The van der Waals surface area contributed by atoms with Crippen molar-refractivity contribution in [2.45, 2.75) is 18.9 Å². The highest BCUT2D eigenvalue weighted by Gasteiger charge is 2.19. The topological polar surface area (TPSA) is 59.4 Å². The van der Waals surface area contributed by atoms with E-state index in [1.165, 1.54) is 11.0 Å². The molecule has 1 atom stereocenters. The molecule has 1 aromatic heterocycles. The highest BCUT2D eigenvalue weighted by Crippen LogP contribution is 2.17. The van der Waals surface area contributed by atoms with Crippen LogP contribution < -0.4 is 10.1 Å². The fourth-order valence-corrected chi connectivity index (χ4v) is 2.87. The van der Waals surface area contributed by atoms with Crippen LogP contribution in [0.25, 0.3) is 0 Å². The number of carbonyl (C=O) groups is 1. The summed E-state index contributed by atoms with van der Waals surface area (Å²) in [5.41, 5.74) is 0.416. The number of para-hydroxylation sites is 1. The van der Waals surface area contributed by atoms with Crippen LogP contribution in [-0.4, -0.2) is 53.9 Å². The first-order chi connectivity index (χ1) is 12.1. The molecule has 2 heterocycles. The van der Waals surface area contributed by atoms with E-state index in [0.29, 0.717) is 18.3 Å². The molecule has 1 aliphatic rings. The summed E-state index contributed by atoms with van der Waals surface area (Å²) in [6, 6.07) is 8.26. The number of hydrogen-bond acceptors (Lipinski definition) is 4. The highest BCUT2D eigenvalue weighted by atomic mass is 19.1. The average Bonchev–Trinajstić information content (AvgIpc) is 3.13. The number of rotatable bonds is 6. The maximum atomic E-state index is 13.5. The van der Waals surface area contributed by atoms with Gasteiger partial charge in [-0.1, -0.05) is 12.1 Å². The zero-order valence-corrected chi connectivity index (χ0v) is 14.3. The van der Waals surface area contributed by atoms with E-state index in [9.17, 15) is 9.18 Å². The second kappa shape index (κ2) is 8.11. The van der Waals surface area contributed by atoms with Crippen LogP contribution in [0.2, 0.25) is 0 Å². The smallest absolute Gasteiger partial charge is 0.274 e. The standard InChI is InChI=1S/C18H23FN4O2/c1-22(11-12-25-17-7-3-2-6-15(17)19)18(24)16-8-10-23(21-16)14-5-4-9-20-13-14/h2-3,6-8,10,14,20H,4-5,9,11-13H2,1H3. The van der Waals surface area contributed by atoms with Crippen LogP contribution in [0.5, 0.6) is 5.75 Å². The lowest BCUT2D eigenvalue weighted by Crippen LogP contribution is -2.33. The molecule has 0 radical (unpaired) electrons. The lowest BCUT2D eigenvalue weighted by Gasteiger charge is -2.23. The number of nitrogens with one attached hydrogen (secondary N) is 1. The van der Waals surface area contributed by atoms with Gasteiger partial charge in [-0.15, -0.1) is 0 Å². The molecule has 2 aromatic rings. The third-order valence-corrected chi connectivity index (χ3v) is 4.34. The molecule has 7 heteroatoms. The van der Waals surface area contributed by atoms with Gasteiger partial charge in [0.2, 0.25) is 0 Å². The molecule has 0 saturated carbocycles. The van der Waals surface area contributed by atoms with Crippen LogP contribution in [0.4, 0.5) is 4.39 Å². The molecule has 1 unspecified atom stereocenters. The maximum Gasteiger partial charge on any atom is 0.274 e. The van der Waals surface area contributed by atoms with Crippen molar-refractivity contribution in [1.82, 2.24) is 20.0 Å². The Balaban J connectivity index is 1.52. The van der Waals surface area contributed by atoms with Crippen LogP contribution >= 0.6 is 0 Å². The van der Waals surface area contributed by atoms with Crippen molar-refractivity contribution < 1.29 is 13.9 Å². The first-order valence-electron chi connectivity index (χ1n) is 8.54. The quantitative estimate of drug-likeness (QED) is 0.870. The molecule has 0 bridgehead atoms. The van der Waals surface area contributed by atoms with E-state index in [1.54, 1.807) is 31.3 Å². The monoisotopic (exact) mass is 346 g/mol. The van der Waals surface area contributed by atoms with Gasteiger partial charge in [-0.25, -0.2) is 4.39 Å². The summed E-state index contributed by atoms with van der Waals surface area (Å²) in [6.07, 6.45) is 4.03. The minimum absolute atomic E-state index is 0.167. The molecule has 25 heavy (non-hydrogen) atoms. The van der Waals surface area contributed by atoms with Gasteiger partial charge in [-0.3, -0.25) is 9.48 Å². The molecular formula is C18H23FN4O2. The number of aromatic nitrogens is 2. The number of hydrogen-bond donors (Lipinski definition) is 1. The van der Waals surface area contributed by atoms with Crippen LogP contribution in [0, 0.1) is 5.82 Å². The summed E-state index contributed by atoms with van der Waals surface area (Å²) in [5.74, 6) is -0.381. The predicted molar refractivity (Wildman–Crippen MR) is 92.2 cm³/mol. The van der Waals surface area contributed by atoms with Gasteiger partial charge >= 0.3 is 0 Å². The normalized spacial score (nSPS) is 17.3. The summed E-state index contributed by atoms with van der Waals surface area (Å²) in [5, 5.41) is 7.76. The van der Waals surface area contributed by atoms with Crippen molar-refractivity contribution in [3.63, 3.8) is 0 Å². The molecule has 6 nitrogen and oxygen atoms in total. The van der Waals surface area contributed by atoms with Crippen molar-refractivity contribution in [3.05, 3.63) is 48.0 Å². The Hall–Kier alpha value is -2.41. The Morgan fingerprint density at radius 3 is 3.04 bits per heavy atom. The molecular weight excluding hydrogens is 323 g/mol. The van der Waals surface area contributed by atoms with Gasteiger partial charge in [0.1, 0.15) is 12.3 Å². The van der Waals surface area contributed by atoms with Crippen LogP contribution in [0.3, 0.4) is 0 Å². The molecule has 0 spiro atoms. The van der Waals surface area contributed by atoms with E-state index < -0.39 is 5.82 Å². The number of likely N-dealkylation sites (N-methyl/N-ethyl adjacent to an activating group) is 1. The Morgan fingerprint density at radius 1 is 1.44 bits per heavy atom. The number of halogens is 1. The van der Waals surface area contributed by atoms with E-state index in [4.69, 9.17) is 4.74 Å². The number of carbonyl (C=O) groups excluding carboxylic acids is 1. The average molecular weight is 346 g/mol. The zero-order valence-electron chi connectivity index (χ0n) is 14.3. The molecule has 134 valence electrons. The summed E-state index contributed by atoms with van der Waals surface area (Å²) in [6.45, 7) is 2.48. The summed E-state index contributed by atoms with van der Waals surface area (Å²) < 4.78 is 20.7. The number of piperidine rings is 1. The van der Waals surface area contributed by atoms with E-state index >= 15 is 0 Å². The predicted octanol–water partition coefficient (Wildman–Crippen LogP) is 2.10. The molecule has 0 aliphatic carbocycles. The number of amides is 1. The van der Waals surface area contributed by atoms with Crippen molar-refractivity contribution in [2.75, 3.05) is 33.3 Å². The minimum atomic E-state index is -0.406. The Labute approximate surface area is 146 Å². The summed E-state index contributed by atoms with van der Waals surface area (Å²) in [7, 11) is 1.69. The number of ether oxygens (including phenoxy) is 1. The molecule has 1 N–H and O–H groups in total. The molecule has 1 fully saturated rings. The van der Waals surface area contributed by atoms with Gasteiger partial charge < -0.3 is 15.0 Å². The zero-order chi connectivity index (χ0) is 17.6. The fraction of sp³-hybridized carbons (Fsp3) is 0.444. The molecule has 1 saturated heterocycles. The van der Waals surface area contributed by atoms with Crippen molar-refractivity contribution >= 4 is 5.91 Å². The maximum absolute atomic E-state index is 13.5. The SMILES string of the molecule is CN(CCOc1ccccc1F)C(=O)c1ccn(C2CCCNC2)n1. The van der Waals surface area contributed by atoms with Crippen molar-refractivity contribution in [3.8, 4) is 5.75 Å². The third kappa shape index (κ3) is 4.36. The van der Waals surface area contributed by atoms with Gasteiger partial charge in [0, 0.05) is 19.8 Å². The second-order valence-electron chi connectivity index (χ2n) is 6.19. The lowest BCUT2D eigenvalue weighted by molar-refractivity contribution is 0.0765. The fourth-order valence-electron chi connectivity index (χ4n) is 2.87. The molecule has 3 rings (SSSR count). The van der Waals surface area contributed by atoms with Gasteiger partial charge in [-0.2, -0.15) is 5.10 Å². The second-order valence-corrected chi connectivity index (χ2v) is 6.19. The molecule has 1 amide bonds. The van der Waals surface area contributed by atoms with E-state index in [1.807, 2.05) is 10.9 Å². The van der Waals surface area contributed by atoms with Crippen LogP contribution in [0.1, 0.15) is 29.4 Å².